The molecular weight excluding hydrogens is 380 g/mol. The molecule has 0 radical (unpaired) electrons. The molecule has 156 valence electrons. The highest BCUT2D eigenvalue weighted by Crippen LogP contribution is 2.45. The molecule has 0 bridgehead atoms. The molecule has 3 aromatic heterocycles. The molecule has 8 heteroatoms. The number of carbonyl (C=O) groups is 1. The molecule has 0 spiro atoms. The number of nitrogens with zero attached hydrogens (tertiary/aromatic N) is 5. The maximum atomic E-state index is 12.2. The minimum atomic E-state index is -0.827. The third-order valence-corrected chi connectivity index (χ3v) is 6.82. The topological polar surface area (TPSA) is 98.2 Å². The molecule has 2 aliphatic rings. The fourth-order valence-corrected chi connectivity index (χ4v) is 5.63. The van der Waals surface area contributed by atoms with Crippen molar-refractivity contribution < 1.29 is 9.90 Å². The van der Waals surface area contributed by atoms with Gasteiger partial charge in [-0.2, -0.15) is 0 Å². The summed E-state index contributed by atoms with van der Waals surface area (Å²) in [6, 6.07) is 6.13. The summed E-state index contributed by atoms with van der Waals surface area (Å²) in [5.41, 5.74) is 1.99. The predicted molar refractivity (Wildman–Crippen MR) is 114 cm³/mol. The van der Waals surface area contributed by atoms with Crippen LogP contribution in [0.4, 0.5) is 10.6 Å². The third kappa shape index (κ3) is 2.98. The first kappa shape index (κ1) is 18.8. The molecule has 2 aliphatic heterocycles. The van der Waals surface area contributed by atoms with Crippen LogP contribution in [0.2, 0.25) is 0 Å². The lowest BCUT2D eigenvalue weighted by molar-refractivity contribution is 0.0845. The molecule has 5 heterocycles. The number of carboxylic acid groups (broad SMARTS) is 1. The molecule has 2 saturated heterocycles. The van der Waals surface area contributed by atoms with E-state index in [1.54, 1.807) is 17.4 Å². The number of fused-ring (bicyclic) bond motifs is 2. The summed E-state index contributed by atoms with van der Waals surface area (Å²) < 4.78 is 0. The van der Waals surface area contributed by atoms with E-state index in [9.17, 15) is 9.90 Å². The molecular formula is C22H26N6O2. The largest absolute Gasteiger partial charge is 0.465 e. The SMILES string of the molecule is CCC(c1cccnc1)C1CN(c2ncnc3[nH]ccc23)C2CCCN(C(=O)O)C12. The zero-order valence-electron chi connectivity index (χ0n) is 17.0. The maximum absolute atomic E-state index is 12.2. The van der Waals surface area contributed by atoms with Gasteiger partial charge in [-0.15, -0.1) is 0 Å². The van der Waals surface area contributed by atoms with Gasteiger partial charge in [0, 0.05) is 37.6 Å². The number of piperidine rings is 1. The summed E-state index contributed by atoms with van der Waals surface area (Å²) in [6.07, 6.45) is 9.11. The van der Waals surface area contributed by atoms with Crippen LogP contribution >= 0.6 is 0 Å². The average molecular weight is 406 g/mol. The molecule has 0 saturated carbocycles. The highest BCUT2D eigenvalue weighted by Gasteiger charge is 2.51. The van der Waals surface area contributed by atoms with Gasteiger partial charge in [-0.05, 0) is 42.9 Å². The normalized spacial score (nSPS) is 24.8. The molecule has 0 aliphatic carbocycles. The van der Waals surface area contributed by atoms with Gasteiger partial charge < -0.3 is 19.9 Å². The van der Waals surface area contributed by atoms with Crippen molar-refractivity contribution in [3.8, 4) is 0 Å². The Hall–Kier alpha value is -3.16. The Balaban J connectivity index is 1.59. The summed E-state index contributed by atoms with van der Waals surface area (Å²) in [7, 11) is 0. The Morgan fingerprint density at radius 3 is 3.03 bits per heavy atom. The molecule has 4 unspecified atom stereocenters. The second-order valence-electron chi connectivity index (χ2n) is 8.23. The number of nitrogens with one attached hydrogen (secondary N) is 1. The van der Waals surface area contributed by atoms with Crippen LogP contribution in [0.15, 0.2) is 43.1 Å². The van der Waals surface area contributed by atoms with Crippen LogP contribution in [0.3, 0.4) is 0 Å². The maximum Gasteiger partial charge on any atom is 0.407 e. The average Bonchev–Trinajstić information content (AvgIpc) is 3.40. The van der Waals surface area contributed by atoms with Crippen molar-refractivity contribution in [2.45, 2.75) is 44.2 Å². The fraction of sp³-hybridized carbons (Fsp3) is 0.455. The van der Waals surface area contributed by atoms with Gasteiger partial charge in [0.1, 0.15) is 17.8 Å². The van der Waals surface area contributed by atoms with Crippen LogP contribution in [-0.2, 0) is 0 Å². The highest BCUT2D eigenvalue weighted by atomic mass is 16.4. The molecule has 5 rings (SSSR count). The monoisotopic (exact) mass is 406 g/mol. The molecule has 0 aromatic carbocycles. The summed E-state index contributed by atoms with van der Waals surface area (Å²) in [4.78, 5) is 32.6. The number of aromatic amines is 1. The Morgan fingerprint density at radius 2 is 2.27 bits per heavy atom. The summed E-state index contributed by atoms with van der Waals surface area (Å²) in [6.45, 7) is 3.54. The second-order valence-corrected chi connectivity index (χ2v) is 8.23. The highest BCUT2D eigenvalue weighted by molar-refractivity contribution is 5.87. The van der Waals surface area contributed by atoms with E-state index in [-0.39, 0.29) is 23.9 Å². The lowest BCUT2D eigenvalue weighted by atomic mass is 9.78. The van der Waals surface area contributed by atoms with Crippen LogP contribution in [0.25, 0.3) is 11.0 Å². The van der Waals surface area contributed by atoms with Crippen LogP contribution in [0.5, 0.6) is 0 Å². The smallest absolute Gasteiger partial charge is 0.407 e. The van der Waals surface area contributed by atoms with Crippen LogP contribution in [-0.4, -0.2) is 61.2 Å². The van der Waals surface area contributed by atoms with E-state index in [0.717, 1.165) is 42.7 Å². The van der Waals surface area contributed by atoms with Gasteiger partial charge in [-0.25, -0.2) is 14.8 Å². The van der Waals surface area contributed by atoms with Crippen LogP contribution in [0, 0.1) is 5.92 Å². The van der Waals surface area contributed by atoms with Gasteiger partial charge in [0.05, 0.1) is 17.5 Å². The van der Waals surface area contributed by atoms with Gasteiger partial charge in [-0.1, -0.05) is 13.0 Å². The number of amides is 1. The molecule has 3 aromatic rings. The van der Waals surface area contributed by atoms with Gasteiger partial charge in [-0.3, -0.25) is 4.98 Å². The number of anilines is 1. The summed E-state index contributed by atoms with van der Waals surface area (Å²) >= 11 is 0. The fourth-order valence-electron chi connectivity index (χ4n) is 5.63. The Kier molecular flexibility index (Phi) is 4.77. The van der Waals surface area contributed by atoms with E-state index in [1.807, 2.05) is 24.5 Å². The van der Waals surface area contributed by atoms with Crippen molar-refractivity contribution in [3.63, 3.8) is 0 Å². The minimum absolute atomic E-state index is 0.0645. The molecule has 2 N–H and O–H groups in total. The first-order valence-corrected chi connectivity index (χ1v) is 10.6. The quantitative estimate of drug-likeness (QED) is 0.688. The predicted octanol–water partition coefficient (Wildman–Crippen LogP) is 3.49. The Bertz CT molecular complexity index is 1040. The molecule has 4 atom stereocenters. The van der Waals surface area contributed by atoms with E-state index in [4.69, 9.17) is 0 Å². The number of rotatable bonds is 4. The van der Waals surface area contributed by atoms with Crippen molar-refractivity contribution in [2.24, 2.45) is 5.92 Å². The molecule has 30 heavy (non-hydrogen) atoms. The van der Waals surface area contributed by atoms with Gasteiger partial charge in [0.15, 0.2) is 0 Å². The van der Waals surface area contributed by atoms with E-state index in [2.05, 4.69) is 37.8 Å². The Labute approximate surface area is 175 Å². The van der Waals surface area contributed by atoms with Crippen molar-refractivity contribution in [2.75, 3.05) is 18.0 Å². The van der Waals surface area contributed by atoms with E-state index in [0.29, 0.717) is 6.54 Å². The van der Waals surface area contributed by atoms with Crippen LogP contribution < -0.4 is 4.90 Å². The van der Waals surface area contributed by atoms with Crippen molar-refractivity contribution >= 4 is 22.9 Å². The lowest BCUT2D eigenvalue weighted by Crippen LogP contribution is -2.54. The van der Waals surface area contributed by atoms with Crippen molar-refractivity contribution in [1.29, 1.82) is 0 Å². The zero-order chi connectivity index (χ0) is 20.7. The zero-order valence-corrected chi connectivity index (χ0v) is 17.0. The van der Waals surface area contributed by atoms with E-state index in [1.165, 1.54) is 5.56 Å². The van der Waals surface area contributed by atoms with Crippen molar-refractivity contribution in [3.05, 3.63) is 48.7 Å². The summed E-state index contributed by atoms with van der Waals surface area (Å²) in [5, 5.41) is 11.0. The number of hydrogen-bond acceptors (Lipinski definition) is 5. The number of aromatic nitrogens is 4. The van der Waals surface area contributed by atoms with E-state index < -0.39 is 6.09 Å². The standard InChI is InChI=1S/C22H26N6O2/c1-2-15(14-5-3-8-23-11-14)17-12-28(18-6-4-10-27(19(17)18)22(29)30)21-16-7-9-24-20(16)25-13-26-21/h3,5,7-9,11,13,15,17-19H,2,4,6,10,12H2,1H3,(H,29,30)(H,24,25,26). The summed E-state index contributed by atoms with van der Waals surface area (Å²) in [5.74, 6) is 1.30. The third-order valence-electron chi connectivity index (χ3n) is 6.82. The number of H-pyrrole nitrogens is 1. The van der Waals surface area contributed by atoms with Gasteiger partial charge >= 0.3 is 6.09 Å². The first-order chi connectivity index (χ1) is 14.7. The number of likely N-dealkylation sites (tertiary alicyclic amines) is 1. The first-order valence-electron chi connectivity index (χ1n) is 10.6. The van der Waals surface area contributed by atoms with E-state index >= 15 is 0 Å². The van der Waals surface area contributed by atoms with Crippen molar-refractivity contribution in [1.82, 2.24) is 24.8 Å². The molecule has 8 nitrogen and oxygen atoms in total. The van der Waals surface area contributed by atoms with Crippen LogP contribution in [0.1, 0.15) is 37.7 Å². The minimum Gasteiger partial charge on any atom is -0.465 e. The van der Waals surface area contributed by atoms with Gasteiger partial charge in [0.2, 0.25) is 0 Å². The lowest BCUT2D eigenvalue weighted by Gasteiger charge is -2.41. The second kappa shape index (κ2) is 7.59. The molecule has 1 amide bonds. The van der Waals surface area contributed by atoms with Gasteiger partial charge in [0.25, 0.3) is 0 Å². The number of pyridine rings is 1. The molecule has 2 fully saturated rings. The Morgan fingerprint density at radius 1 is 1.37 bits per heavy atom. The number of hydrogen-bond donors (Lipinski definition) is 2.